The van der Waals surface area contributed by atoms with E-state index in [0.717, 1.165) is 16.7 Å². The van der Waals surface area contributed by atoms with Crippen LogP contribution in [-0.4, -0.2) is 11.1 Å². The van der Waals surface area contributed by atoms with E-state index in [1.165, 1.54) is 0 Å². The first kappa shape index (κ1) is 11.7. The summed E-state index contributed by atoms with van der Waals surface area (Å²) in [5.74, 6) is -0.879. The first-order chi connectivity index (χ1) is 7.10. The summed E-state index contributed by atoms with van der Waals surface area (Å²) in [6, 6.07) is 5.56. The second-order valence-corrected chi connectivity index (χ2v) is 3.75. The number of carboxylic acids is 1. The minimum absolute atomic E-state index is 0.0394. The zero-order chi connectivity index (χ0) is 11.4. The Bertz CT molecular complexity index is 435. The lowest BCUT2D eigenvalue weighted by Crippen LogP contribution is -2.06. The first-order valence-electron chi connectivity index (χ1n) is 4.39. The molecule has 0 spiro atoms. The fraction of sp³-hybridized carbons (Fsp3) is 0.273. The minimum atomic E-state index is -0.879. The summed E-state index contributed by atoms with van der Waals surface area (Å²) in [5, 5.41) is 18.2. The summed E-state index contributed by atoms with van der Waals surface area (Å²) >= 11 is 3.30. The molecule has 0 aliphatic heterocycles. The van der Waals surface area contributed by atoms with Gasteiger partial charge < -0.3 is 5.11 Å². The Kier molecular flexibility index (Phi) is 3.87. The standard InChI is InChI=1S/C11H10BrNO2/c1-7-9(6-13)3-2-8(5-12)10(7)4-11(14)15/h2-3H,4-5H2,1H3,(H,14,15). The summed E-state index contributed by atoms with van der Waals surface area (Å²) in [7, 11) is 0. The third-order valence-electron chi connectivity index (χ3n) is 2.29. The van der Waals surface area contributed by atoms with Gasteiger partial charge in [0.25, 0.3) is 0 Å². The minimum Gasteiger partial charge on any atom is -0.481 e. The van der Waals surface area contributed by atoms with E-state index in [9.17, 15) is 4.79 Å². The number of carboxylic acid groups (broad SMARTS) is 1. The van der Waals surface area contributed by atoms with Crippen LogP contribution in [0.3, 0.4) is 0 Å². The third-order valence-corrected chi connectivity index (χ3v) is 2.89. The van der Waals surface area contributed by atoms with Gasteiger partial charge in [0.15, 0.2) is 0 Å². The molecule has 1 N–H and O–H groups in total. The number of rotatable bonds is 3. The smallest absolute Gasteiger partial charge is 0.307 e. The Labute approximate surface area is 96.5 Å². The van der Waals surface area contributed by atoms with Gasteiger partial charge in [0, 0.05) is 5.33 Å². The normalized spacial score (nSPS) is 9.67. The number of aliphatic carboxylic acids is 1. The average molecular weight is 268 g/mol. The number of halogens is 1. The molecule has 15 heavy (non-hydrogen) atoms. The summed E-state index contributed by atoms with van der Waals surface area (Å²) in [4.78, 5) is 10.7. The van der Waals surface area contributed by atoms with E-state index < -0.39 is 5.97 Å². The summed E-state index contributed by atoms with van der Waals surface area (Å²) in [6.07, 6.45) is -0.0394. The molecule has 0 aliphatic carbocycles. The fourth-order valence-electron chi connectivity index (χ4n) is 1.46. The molecule has 0 fully saturated rings. The Balaban J connectivity index is 3.30. The van der Waals surface area contributed by atoms with Crippen LogP contribution in [0.25, 0.3) is 0 Å². The van der Waals surface area contributed by atoms with Crippen molar-refractivity contribution in [1.29, 1.82) is 5.26 Å². The quantitative estimate of drug-likeness (QED) is 0.856. The van der Waals surface area contributed by atoms with Gasteiger partial charge in [-0.1, -0.05) is 22.0 Å². The second kappa shape index (κ2) is 4.94. The van der Waals surface area contributed by atoms with Crippen molar-refractivity contribution in [2.24, 2.45) is 0 Å². The van der Waals surface area contributed by atoms with Gasteiger partial charge >= 0.3 is 5.97 Å². The average Bonchev–Trinajstić information content (AvgIpc) is 2.20. The number of nitrogens with zero attached hydrogens (tertiary/aromatic N) is 1. The Morgan fingerprint density at radius 1 is 1.60 bits per heavy atom. The molecular formula is C11H10BrNO2. The van der Waals surface area contributed by atoms with Crippen molar-refractivity contribution in [2.75, 3.05) is 0 Å². The van der Waals surface area contributed by atoms with Crippen LogP contribution in [0.2, 0.25) is 0 Å². The molecule has 0 saturated carbocycles. The van der Waals surface area contributed by atoms with Gasteiger partial charge in [-0.25, -0.2) is 0 Å². The van der Waals surface area contributed by atoms with Gasteiger partial charge in [0.2, 0.25) is 0 Å². The molecule has 0 bridgehead atoms. The SMILES string of the molecule is Cc1c(C#N)ccc(CBr)c1CC(=O)O. The molecule has 0 aliphatic rings. The first-order valence-corrected chi connectivity index (χ1v) is 5.51. The lowest BCUT2D eigenvalue weighted by molar-refractivity contribution is -0.136. The monoisotopic (exact) mass is 267 g/mol. The van der Waals surface area contributed by atoms with Crippen molar-refractivity contribution in [2.45, 2.75) is 18.7 Å². The molecule has 1 aromatic rings. The van der Waals surface area contributed by atoms with Crippen molar-refractivity contribution in [3.63, 3.8) is 0 Å². The van der Waals surface area contributed by atoms with Crippen LogP contribution in [-0.2, 0) is 16.5 Å². The zero-order valence-electron chi connectivity index (χ0n) is 8.25. The highest BCUT2D eigenvalue weighted by molar-refractivity contribution is 9.08. The van der Waals surface area contributed by atoms with Crippen LogP contribution in [0.5, 0.6) is 0 Å². The third kappa shape index (κ3) is 2.57. The van der Waals surface area contributed by atoms with E-state index >= 15 is 0 Å². The zero-order valence-corrected chi connectivity index (χ0v) is 9.84. The highest BCUT2D eigenvalue weighted by Gasteiger charge is 2.12. The molecule has 0 radical (unpaired) electrons. The van der Waals surface area contributed by atoms with Crippen LogP contribution in [0, 0.1) is 18.3 Å². The second-order valence-electron chi connectivity index (χ2n) is 3.19. The molecule has 0 saturated heterocycles. The molecule has 0 amide bonds. The summed E-state index contributed by atoms with van der Waals surface area (Å²) in [6.45, 7) is 1.78. The van der Waals surface area contributed by atoms with Crippen molar-refractivity contribution in [3.05, 3.63) is 34.4 Å². The lowest BCUT2D eigenvalue weighted by Gasteiger charge is -2.10. The molecule has 4 heteroatoms. The summed E-state index contributed by atoms with van der Waals surface area (Å²) < 4.78 is 0. The van der Waals surface area contributed by atoms with Crippen LogP contribution < -0.4 is 0 Å². The van der Waals surface area contributed by atoms with Crippen molar-refractivity contribution >= 4 is 21.9 Å². The van der Waals surface area contributed by atoms with Crippen molar-refractivity contribution < 1.29 is 9.90 Å². The molecule has 0 heterocycles. The summed E-state index contributed by atoms with van der Waals surface area (Å²) in [5.41, 5.74) is 2.96. The number of nitriles is 1. The van der Waals surface area contributed by atoms with Gasteiger partial charge in [0.05, 0.1) is 18.1 Å². The van der Waals surface area contributed by atoms with E-state index in [2.05, 4.69) is 22.0 Å². The van der Waals surface area contributed by atoms with Crippen molar-refractivity contribution in [1.82, 2.24) is 0 Å². The predicted molar refractivity (Wildman–Crippen MR) is 59.9 cm³/mol. The molecule has 0 unspecified atom stereocenters. The van der Waals surface area contributed by atoms with Gasteiger partial charge in [0.1, 0.15) is 0 Å². The Morgan fingerprint density at radius 3 is 2.73 bits per heavy atom. The highest BCUT2D eigenvalue weighted by atomic mass is 79.9. The number of hydrogen-bond acceptors (Lipinski definition) is 2. The maximum Gasteiger partial charge on any atom is 0.307 e. The van der Waals surface area contributed by atoms with Crippen molar-refractivity contribution in [3.8, 4) is 6.07 Å². The topological polar surface area (TPSA) is 61.1 Å². The van der Waals surface area contributed by atoms with Gasteiger partial charge in [-0.2, -0.15) is 5.26 Å². The maximum atomic E-state index is 10.7. The van der Waals surface area contributed by atoms with E-state index in [1.807, 2.05) is 0 Å². The number of benzene rings is 1. The molecule has 3 nitrogen and oxygen atoms in total. The molecule has 78 valence electrons. The highest BCUT2D eigenvalue weighted by Crippen LogP contribution is 2.21. The largest absolute Gasteiger partial charge is 0.481 e. The molecular weight excluding hydrogens is 258 g/mol. The van der Waals surface area contributed by atoms with E-state index in [0.29, 0.717) is 10.9 Å². The van der Waals surface area contributed by atoms with Crippen LogP contribution in [0.1, 0.15) is 22.3 Å². The van der Waals surface area contributed by atoms with Gasteiger partial charge in [-0.15, -0.1) is 0 Å². The van der Waals surface area contributed by atoms with Gasteiger partial charge in [-0.05, 0) is 29.7 Å². The molecule has 1 aromatic carbocycles. The molecule has 1 rings (SSSR count). The number of carbonyl (C=O) groups is 1. The van der Waals surface area contributed by atoms with Gasteiger partial charge in [-0.3, -0.25) is 4.79 Å². The van der Waals surface area contributed by atoms with E-state index in [4.69, 9.17) is 10.4 Å². The molecule has 0 atom stereocenters. The molecule has 0 aromatic heterocycles. The number of alkyl halides is 1. The van der Waals surface area contributed by atoms with E-state index in [-0.39, 0.29) is 6.42 Å². The maximum absolute atomic E-state index is 10.7. The Hall–Kier alpha value is -1.34. The lowest BCUT2D eigenvalue weighted by atomic mass is 9.96. The number of hydrogen-bond donors (Lipinski definition) is 1. The van der Waals surface area contributed by atoms with Crippen LogP contribution in [0.15, 0.2) is 12.1 Å². The van der Waals surface area contributed by atoms with E-state index in [1.54, 1.807) is 19.1 Å². The van der Waals surface area contributed by atoms with Crippen LogP contribution in [0.4, 0.5) is 0 Å². The fourth-order valence-corrected chi connectivity index (χ4v) is 1.98. The Morgan fingerprint density at radius 2 is 2.27 bits per heavy atom. The van der Waals surface area contributed by atoms with Crippen LogP contribution >= 0.6 is 15.9 Å². The predicted octanol–water partition coefficient (Wildman–Crippen LogP) is 2.39.